The minimum atomic E-state index is -1.53. The number of carbonyl (C=O) groups is 2. The topological polar surface area (TPSA) is 87.1 Å². The molecule has 1 rings (SSSR count). The fraction of sp³-hybridized carbons (Fsp3) is 0.385. The molecule has 0 aliphatic heterocycles. The summed E-state index contributed by atoms with van der Waals surface area (Å²) in [6, 6.07) is 4.19. The number of aliphatic carboxylic acids is 1. The molecule has 19 heavy (non-hydrogen) atoms. The SMILES string of the molecule is COc1cc(C(C)(C(=O)O)N(C)C(C)=O)ccc1O. The molecule has 0 bridgehead atoms. The first-order chi connectivity index (χ1) is 8.75. The van der Waals surface area contributed by atoms with Crippen LogP contribution in [0.2, 0.25) is 0 Å². The van der Waals surface area contributed by atoms with Gasteiger partial charge in [0.15, 0.2) is 17.0 Å². The maximum absolute atomic E-state index is 11.6. The van der Waals surface area contributed by atoms with E-state index in [1.807, 2.05) is 0 Å². The van der Waals surface area contributed by atoms with Gasteiger partial charge < -0.3 is 19.8 Å². The van der Waals surface area contributed by atoms with Crippen LogP contribution in [0.4, 0.5) is 0 Å². The number of carbonyl (C=O) groups excluding carboxylic acids is 1. The van der Waals surface area contributed by atoms with E-state index in [-0.39, 0.29) is 17.4 Å². The molecular formula is C13H17NO5. The number of likely N-dealkylation sites (N-methyl/N-ethyl adjacent to an activating group) is 1. The molecule has 1 aromatic rings. The number of methoxy groups -OCH3 is 1. The van der Waals surface area contributed by atoms with Gasteiger partial charge in [-0.05, 0) is 24.6 Å². The van der Waals surface area contributed by atoms with E-state index in [1.54, 1.807) is 0 Å². The van der Waals surface area contributed by atoms with Gasteiger partial charge in [-0.1, -0.05) is 6.07 Å². The number of rotatable bonds is 4. The number of aromatic hydroxyl groups is 1. The average molecular weight is 267 g/mol. The highest BCUT2D eigenvalue weighted by molar-refractivity contribution is 5.87. The van der Waals surface area contributed by atoms with Crippen LogP contribution in [0.3, 0.4) is 0 Å². The highest BCUT2D eigenvalue weighted by Crippen LogP contribution is 2.34. The lowest BCUT2D eigenvalue weighted by Crippen LogP contribution is -2.49. The summed E-state index contributed by atoms with van der Waals surface area (Å²) >= 11 is 0. The van der Waals surface area contributed by atoms with Crippen molar-refractivity contribution in [3.05, 3.63) is 23.8 Å². The number of hydrogen-bond donors (Lipinski definition) is 2. The maximum atomic E-state index is 11.6. The number of amides is 1. The molecule has 0 saturated heterocycles. The number of ether oxygens (including phenoxy) is 1. The first-order valence-electron chi connectivity index (χ1n) is 5.60. The van der Waals surface area contributed by atoms with Crippen molar-refractivity contribution in [1.29, 1.82) is 0 Å². The van der Waals surface area contributed by atoms with E-state index in [9.17, 15) is 19.8 Å². The van der Waals surface area contributed by atoms with E-state index in [0.717, 1.165) is 4.90 Å². The lowest BCUT2D eigenvalue weighted by Gasteiger charge is -2.35. The third kappa shape index (κ3) is 2.47. The first-order valence-corrected chi connectivity index (χ1v) is 5.60. The number of carboxylic acids is 1. The standard InChI is InChI=1S/C13H17NO5/c1-8(15)14(3)13(2,12(17)18)9-5-6-10(16)11(7-9)19-4/h5-7,16H,1-4H3,(H,17,18). The van der Waals surface area contributed by atoms with Crippen LogP contribution in [0.15, 0.2) is 18.2 Å². The van der Waals surface area contributed by atoms with E-state index < -0.39 is 11.5 Å². The van der Waals surface area contributed by atoms with Gasteiger partial charge in [0.25, 0.3) is 0 Å². The number of phenolic OH excluding ortho intramolecular Hbond substituents is 1. The Hall–Kier alpha value is -2.24. The van der Waals surface area contributed by atoms with Crippen LogP contribution in [0.5, 0.6) is 11.5 Å². The van der Waals surface area contributed by atoms with Gasteiger partial charge in [0.2, 0.25) is 5.91 Å². The van der Waals surface area contributed by atoms with Crippen molar-refractivity contribution < 1.29 is 24.5 Å². The van der Waals surface area contributed by atoms with Crippen molar-refractivity contribution in [2.24, 2.45) is 0 Å². The third-order valence-electron chi connectivity index (χ3n) is 3.30. The van der Waals surface area contributed by atoms with Crippen LogP contribution in [-0.4, -0.2) is 41.1 Å². The summed E-state index contributed by atoms with van der Waals surface area (Å²) in [6.45, 7) is 2.71. The molecule has 6 heteroatoms. The summed E-state index contributed by atoms with van der Waals surface area (Å²) in [5.41, 5.74) is -1.19. The second-order valence-electron chi connectivity index (χ2n) is 4.34. The van der Waals surface area contributed by atoms with Gasteiger partial charge in [0.1, 0.15) is 0 Å². The van der Waals surface area contributed by atoms with Gasteiger partial charge in [-0.25, -0.2) is 4.79 Å². The normalized spacial score (nSPS) is 13.5. The van der Waals surface area contributed by atoms with Gasteiger partial charge in [-0.3, -0.25) is 4.79 Å². The molecule has 1 unspecified atom stereocenters. The molecule has 1 amide bonds. The predicted molar refractivity (Wildman–Crippen MR) is 68.1 cm³/mol. The Balaban J connectivity index is 3.42. The number of benzene rings is 1. The molecule has 6 nitrogen and oxygen atoms in total. The molecular weight excluding hydrogens is 250 g/mol. The Bertz CT molecular complexity index is 514. The smallest absolute Gasteiger partial charge is 0.334 e. The van der Waals surface area contributed by atoms with Crippen LogP contribution >= 0.6 is 0 Å². The van der Waals surface area contributed by atoms with Crippen LogP contribution in [-0.2, 0) is 15.1 Å². The van der Waals surface area contributed by atoms with Gasteiger partial charge in [-0.15, -0.1) is 0 Å². The lowest BCUT2D eigenvalue weighted by atomic mass is 9.90. The van der Waals surface area contributed by atoms with E-state index in [2.05, 4.69) is 0 Å². The summed E-state index contributed by atoms with van der Waals surface area (Å²) in [6.07, 6.45) is 0. The van der Waals surface area contributed by atoms with Crippen molar-refractivity contribution in [3.8, 4) is 11.5 Å². The zero-order valence-electron chi connectivity index (χ0n) is 11.3. The minimum absolute atomic E-state index is 0.0931. The average Bonchev–Trinajstić information content (AvgIpc) is 2.36. The fourth-order valence-corrected chi connectivity index (χ4v) is 1.76. The molecule has 0 radical (unpaired) electrons. The monoisotopic (exact) mass is 267 g/mol. The number of hydrogen-bond acceptors (Lipinski definition) is 4. The molecule has 0 aliphatic rings. The second kappa shape index (κ2) is 5.17. The van der Waals surface area contributed by atoms with Crippen molar-refractivity contribution in [2.45, 2.75) is 19.4 Å². The van der Waals surface area contributed by atoms with Crippen LogP contribution in [0.25, 0.3) is 0 Å². The molecule has 0 spiro atoms. The maximum Gasteiger partial charge on any atom is 0.334 e. The van der Waals surface area contributed by atoms with Crippen LogP contribution in [0, 0.1) is 0 Å². The Morgan fingerprint density at radius 2 is 1.95 bits per heavy atom. The molecule has 1 aromatic carbocycles. The lowest BCUT2D eigenvalue weighted by molar-refractivity contribution is -0.156. The van der Waals surface area contributed by atoms with Crippen LogP contribution < -0.4 is 4.74 Å². The third-order valence-corrected chi connectivity index (χ3v) is 3.30. The summed E-state index contributed by atoms with van der Waals surface area (Å²) in [7, 11) is 2.78. The van der Waals surface area contributed by atoms with E-state index in [4.69, 9.17) is 4.74 Å². The Labute approximate surface area is 111 Å². The Morgan fingerprint density at radius 1 is 1.37 bits per heavy atom. The summed E-state index contributed by atoms with van der Waals surface area (Å²) in [4.78, 5) is 24.2. The highest BCUT2D eigenvalue weighted by atomic mass is 16.5. The fourth-order valence-electron chi connectivity index (χ4n) is 1.76. The second-order valence-corrected chi connectivity index (χ2v) is 4.34. The molecule has 0 heterocycles. The van der Waals surface area contributed by atoms with Gasteiger partial charge in [0, 0.05) is 14.0 Å². The summed E-state index contributed by atoms with van der Waals surface area (Å²) in [5, 5.41) is 19.0. The molecule has 104 valence electrons. The van der Waals surface area contributed by atoms with Crippen molar-refractivity contribution in [1.82, 2.24) is 4.90 Å². The molecule has 0 saturated carbocycles. The number of phenols is 1. The largest absolute Gasteiger partial charge is 0.504 e. The molecule has 0 aliphatic carbocycles. The summed E-state index contributed by atoms with van der Waals surface area (Å²) in [5.74, 6) is -1.48. The number of nitrogens with zero attached hydrogens (tertiary/aromatic N) is 1. The zero-order valence-corrected chi connectivity index (χ0v) is 11.3. The highest BCUT2D eigenvalue weighted by Gasteiger charge is 2.41. The molecule has 2 N–H and O–H groups in total. The quantitative estimate of drug-likeness (QED) is 0.855. The van der Waals surface area contributed by atoms with Crippen molar-refractivity contribution >= 4 is 11.9 Å². The van der Waals surface area contributed by atoms with Gasteiger partial charge in [-0.2, -0.15) is 0 Å². The van der Waals surface area contributed by atoms with E-state index >= 15 is 0 Å². The zero-order chi connectivity index (χ0) is 14.8. The number of carboxylic acid groups (broad SMARTS) is 1. The Kier molecular flexibility index (Phi) is 4.04. The predicted octanol–water partition coefficient (Wildman–Crippen LogP) is 1.18. The molecule has 1 atom stereocenters. The summed E-state index contributed by atoms with van der Waals surface area (Å²) < 4.78 is 4.95. The van der Waals surface area contributed by atoms with Crippen molar-refractivity contribution in [2.75, 3.05) is 14.2 Å². The van der Waals surface area contributed by atoms with Gasteiger partial charge in [0.05, 0.1) is 7.11 Å². The van der Waals surface area contributed by atoms with E-state index in [1.165, 1.54) is 46.2 Å². The van der Waals surface area contributed by atoms with Gasteiger partial charge >= 0.3 is 5.97 Å². The first kappa shape index (κ1) is 14.8. The van der Waals surface area contributed by atoms with Crippen molar-refractivity contribution in [3.63, 3.8) is 0 Å². The molecule has 0 aromatic heterocycles. The Morgan fingerprint density at radius 3 is 2.37 bits per heavy atom. The molecule has 0 fully saturated rings. The van der Waals surface area contributed by atoms with E-state index in [0.29, 0.717) is 5.56 Å². The van der Waals surface area contributed by atoms with Crippen LogP contribution in [0.1, 0.15) is 19.4 Å². The minimum Gasteiger partial charge on any atom is -0.504 e.